The maximum atomic E-state index is 13.2. The van der Waals surface area contributed by atoms with Gasteiger partial charge in [-0.3, -0.25) is 4.79 Å². The number of hydrogen-bond donors (Lipinski definition) is 1. The van der Waals surface area contributed by atoms with Gasteiger partial charge in [0, 0.05) is 27.2 Å². The van der Waals surface area contributed by atoms with Crippen LogP contribution in [-0.4, -0.2) is 5.78 Å². The van der Waals surface area contributed by atoms with Gasteiger partial charge in [0.2, 0.25) is 0 Å². The zero-order valence-corrected chi connectivity index (χ0v) is 18.6. The van der Waals surface area contributed by atoms with E-state index in [4.69, 9.17) is 11.6 Å². The summed E-state index contributed by atoms with van der Waals surface area (Å²) in [5, 5.41) is 14.2. The minimum Gasteiger partial charge on any atom is -0.357 e. The third-order valence-corrected chi connectivity index (χ3v) is 6.24. The molecule has 1 unspecified atom stereocenters. The Morgan fingerprint density at radius 1 is 1.17 bits per heavy atom. The Morgan fingerprint density at radius 3 is 2.55 bits per heavy atom. The van der Waals surface area contributed by atoms with E-state index >= 15 is 0 Å². The van der Waals surface area contributed by atoms with Gasteiger partial charge < -0.3 is 5.32 Å². The molecule has 1 aliphatic carbocycles. The van der Waals surface area contributed by atoms with Crippen molar-refractivity contribution >= 4 is 39.0 Å². The van der Waals surface area contributed by atoms with Crippen LogP contribution in [0, 0.1) is 16.7 Å². The van der Waals surface area contributed by atoms with E-state index in [1.807, 2.05) is 42.5 Å². The minimum atomic E-state index is -0.419. The summed E-state index contributed by atoms with van der Waals surface area (Å²) >= 11 is 9.73. The van der Waals surface area contributed by atoms with Crippen molar-refractivity contribution < 1.29 is 4.79 Å². The van der Waals surface area contributed by atoms with Gasteiger partial charge >= 0.3 is 0 Å². The van der Waals surface area contributed by atoms with E-state index in [1.54, 1.807) is 6.07 Å². The second-order valence-corrected chi connectivity index (χ2v) is 9.71. The number of carbonyl (C=O) groups excluding carboxylic acids is 1. The highest BCUT2D eigenvalue weighted by Crippen LogP contribution is 2.48. The van der Waals surface area contributed by atoms with Crippen molar-refractivity contribution in [2.45, 2.75) is 32.6 Å². The lowest BCUT2D eigenvalue weighted by Crippen LogP contribution is -2.37. The van der Waals surface area contributed by atoms with E-state index in [9.17, 15) is 10.1 Å². The maximum absolute atomic E-state index is 13.2. The fourth-order valence-electron chi connectivity index (χ4n) is 4.27. The van der Waals surface area contributed by atoms with Crippen LogP contribution in [-0.2, 0) is 4.79 Å². The highest BCUT2D eigenvalue weighted by Gasteiger charge is 2.41. The number of ketones is 1. The van der Waals surface area contributed by atoms with Gasteiger partial charge in [0.05, 0.1) is 23.3 Å². The Kier molecular flexibility index (Phi) is 5.14. The number of halogens is 2. The molecule has 0 spiro atoms. The van der Waals surface area contributed by atoms with E-state index in [1.165, 1.54) is 0 Å². The fourth-order valence-corrected chi connectivity index (χ4v) is 4.74. The van der Waals surface area contributed by atoms with Crippen molar-refractivity contribution in [1.82, 2.24) is 5.32 Å². The molecule has 5 heteroatoms. The van der Waals surface area contributed by atoms with Crippen LogP contribution in [0.15, 0.2) is 69.8 Å². The molecule has 2 aliphatic rings. The van der Waals surface area contributed by atoms with Gasteiger partial charge in [0.1, 0.15) is 0 Å². The predicted octanol–water partition coefficient (Wildman–Crippen LogP) is 6.37. The first-order valence-electron chi connectivity index (χ1n) is 9.48. The van der Waals surface area contributed by atoms with Gasteiger partial charge in [-0.2, -0.15) is 5.26 Å². The van der Waals surface area contributed by atoms with Crippen molar-refractivity contribution in [3.05, 3.63) is 86.0 Å². The summed E-state index contributed by atoms with van der Waals surface area (Å²) in [6.07, 6.45) is 1.22. The molecule has 0 amide bonds. The molecule has 29 heavy (non-hydrogen) atoms. The number of benzene rings is 2. The summed E-state index contributed by atoms with van der Waals surface area (Å²) in [7, 11) is 0. The van der Waals surface area contributed by atoms with Crippen LogP contribution in [0.5, 0.6) is 0 Å². The number of nitriles is 1. The molecular weight excluding hydrogens is 448 g/mol. The zero-order valence-electron chi connectivity index (χ0n) is 16.2. The number of rotatable bonds is 2. The summed E-state index contributed by atoms with van der Waals surface area (Å²) in [6, 6.07) is 17.7. The largest absolute Gasteiger partial charge is 0.357 e. The second kappa shape index (κ2) is 7.48. The molecule has 0 saturated carbocycles. The Hall–Kier alpha value is -2.35. The number of carbonyl (C=O) groups is 1. The van der Waals surface area contributed by atoms with Crippen LogP contribution in [0.1, 0.15) is 43.7 Å². The lowest BCUT2D eigenvalue weighted by atomic mass is 9.68. The van der Waals surface area contributed by atoms with E-state index in [2.05, 4.69) is 41.2 Å². The monoisotopic (exact) mass is 466 g/mol. The van der Waals surface area contributed by atoms with Gasteiger partial charge in [-0.25, -0.2) is 0 Å². The molecule has 0 radical (unpaired) electrons. The van der Waals surface area contributed by atoms with E-state index in [-0.39, 0.29) is 11.2 Å². The molecule has 0 bridgehead atoms. The van der Waals surface area contributed by atoms with E-state index in [0.717, 1.165) is 33.4 Å². The van der Waals surface area contributed by atoms with Gasteiger partial charge in [-0.1, -0.05) is 65.6 Å². The molecule has 1 heterocycles. The third kappa shape index (κ3) is 3.77. The van der Waals surface area contributed by atoms with Crippen LogP contribution < -0.4 is 5.32 Å². The summed E-state index contributed by atoms with van der Waals surface area (Å²) in [6.45, 7) is 4.21. The smallest absolute Gasteiger partial charge is 0.162 e. The molecule has 1 atom stereocenters. The van der Waals surface area contributed by atoms with Crippen LogP contribution in [0.25, 0.3) is 5.70 Å². The quantitative estimate of drug-likeness (QED) is 0.558. The second-order valence-electron chi connectivity index (χ2n) is 8.35. The SMILES string of the molecule is CC1(C)CC(=O)C2=C(C1)NC(c1ccc(Br)cc1)=C(C#N)C2c1cccc(Cl)c1. The first-order valence-corrected chi connectivity index (χ1v) is 10.6. The molecule has 1 N–H and O–H groups in total. The van der Waals surface area contributed by atoms with E-state index < -0.39 is 5.92 Å². The topological polar surface area (TPSA) is 52.9 Å². The Labute approximate surface area is 184 Å². The molecular formula is C24H20BrClN2O. The minimum absolute atomic E-state index is 0.0938. The van der Waals surface area contributed by atoms with Gasteiger partial charge in [-0.05, 0) is 47.2 Å². The number of nitrogens with zero attached hydrogens (tertiary/aromatic N) is 1. The summed E-state index contributed by atoms with van der Waals surface area (Å²) < 4.78 is 0.969. The number of dihydropyridines is 1. The standard InChI is InChI=1S/C24H20BrClN2O/c1-24(2)11-19-22(20(29)12-24)21(15-4-3-5-17(26)10-15)18(13-27)23(28-19)14-6-8-16(25)9-7-14/h3-10,21,28H,11-12H2,1-2H3. The Bertz CT molecular complexity index is 1110. The Balaban J connectivity index is 1.96. The third-order valence-electron chi connectivity index (χ3n) is 5.48. The molecule has 0 aromatic heterocycles. The molecule has 1 aliphatic heterocycles. The first-order chi connectivity index (χ1) is 13.8. The highest BCUT2D eigenvalue weighted by molar-refractivity contribution is 9.10. The van der Waals surface area contributed by atoms with Crippen LogP contribution >= 0.6 is 27.5 Å². The van der Waals surface area contributed by atoms with Gasteiger partial charge in [-0.15, -0.1) is 0 Å². The van der Waals surface area contributed by atoms with Crippen LogP contribution in [0.2, 0.25) is 5.02 Å². The molecule has 2 aromatic rings. The lowest BCUT2D eigenvalue weighted by Gasteiger charge is -2.39. The van der Waals surface area contributed by atoms with Crippen molar-refractivity contribution in [2.75, 3.05) is 0 Å². The average molecular weight is 468 g/mol. The van der Waals surface area contributed by atoms with Gasteiger partial charge in [0.25, 0.3) is 0 Å². The van der Waals surface area contributed by atoms with E-state index in [0.29, 0.717) is 22.6 Å². The predicted molar refractivity (Wildman–Crippen MR) is 119 cm³/mol. The number of hydrogen-bond acceptors (Lipinski definition) is 3. The van der Waals surface area contributed by atoms with Crippen molar-refractivity contribution in [3.8, 4) is 6.07 Å². The van der Waals surface area contributed by atoms with Crippen LogP contribution in [0.3, 0.4) is 0 Å². The van der Waals surface area contributed by atoms with Crippen molar-refractivity contribution in [1.29, 1.82) is 5.26 Å². The van der Waals surface area contributed by atoms with Crippen molar-refractivity contribution in [2.24, 2.45) is 5.41 Å². The number of allylic oxidation sites excluding steroid dienone is 3. The van der Waals surface area contributed by atoms with Crippen LogP contribution in [0.4, 0.5) is 0 Å². The fraction of sp³-hybridized carbons (Fsp3) is 0.250. The molecule has 3 nitrogen and oxygen atoms in total. The molecule has 0 saturated heterocycles. The molecule has 146 valence electrons. The summed E-state index contributed by atoms with van der Waals surface area (Å²) in [5.74, 6) is -0.325. The molecule has 4 rings (SSSR count). The average Bonchev–Trinajstić information content (AvgIpc) is 2.66. The van der Waals surface area contributed by atoms with Crippen molar-refractivity contribution in [3.63, 3.8) is 0 Å². The molecule has 0 fully saturated rings. The normalized spacial score (nSPS) is 20.8. The molecule has 2 aromatic carbocycles. The summed E-state index contributed by atoms with van der Waals surface area (Å²) in [5.41, 5.74) is 4.56. The summed E-state index contributed by atoms with van der Waals surface area (Å²) in [4.78, 5) is 13.2. The first kappa shape index (κ1) is 19.9. The van der Waals surface area contributed by atoms with Gasteiger partial charge in [0.15, 0.2) is 5.78 Å². The number of Topliss-reactive ketones (excluding diaryl/α,β-unsaturated/α-hetero) is 1. The maximum Gasteiger partial charge on any atom is 0.162 e. The highest BCUT2D eigenvalue weighted by atomic mass is 79.9. The number of nitrogens with one attached hydrogen (secondary N) is 1. The zero-order chi connectivity index (χ0) is 20.8. The lowest BCUT2D eigenvalue weighted by molar-refractivity contribution is -0.118. The Morgan fingerprint density at radius 2 is 1.90 bits per heavy atom.